The molecule has 0 aromatic heterocycles. The molecule has 88 valence electrons. The van der Waals surface area contributed by atoms with Crippen molar-refractivity contribution < 1.29 is 9.53 Å². The van der Waals surface area contributed by atoms with Crippen LogP contribution in [0.25, 0.3) is 0 Å². The van der Waals surface area contributed by atoms with Gasteiger partial charge in [-0.25, -0.2) is 4.79 Å². The summed E-state index contributed by atoms with van der Waals surface area (Å²) in [5.74, 6) is -0.239. The normalized spacial score (nSPS) is 13.0. The fraction of sp³-hybridized carbons (Fsp3) is 0.462. The van der Waals surface area contributed by atoms with Gasteiger partial charge < -0.3 is 10.1 Å². The van der Waals surface area contributed by atoms with E-state index in [2.05, 4.69) is 5.32 Å². The number of carbonyl (C=O) groups is 1. The van der Waals surface area contributed by atoms with Crippen molar-refractivity contribution >= 4 is 11.7 Å². The van der Waals surface area contributed by atoms with Gasteiger partial charge in [0.05, 0.1) is 7.11 Å². The van der Waals surface area contributed by atoms with E-state index in [1.807, 2.05) is 51.1 Å². The first kappa shape index (κ1) is 12.6. The second-order valence-electron chi connectivity index (χ2n) is 4.83. The summed E-state index contributed by atoms with van der Waals surface area (Å²) >= 11 is 0. The molecule has 0 aliphatic heterocycles. The molecule has 1 aromatic rings. The molecule has 16 heavy (non-hydrogen) atoms. The molecule has 0 amide bonds. The Labute approximate surface area is 96.8 Å². The summed E-state index contributed by atoms with van der Waals surface area (Å²) in [7, 11) is 1.41. The predicted molar refractivity (Wildman–Crippen MR) is 65.3 cm³/mol. The summed E-state index contributed by atoms with van der Waals surface area (Å²) in [5.41, 5.74) is 0.732. The average molecular weight is 221 g/mol. The Morgan fingerprint density at radius 1 is 1.25 bits per heavy atom. The third-order valence-electron chi connectivity index (χ3n) is 2.39. The van der Waals surface area contributed by atoms with Gasteiger partial charge in [-0.2, -0.15) is 0 Å². The van der Waals surface area contributed by atoms with E-state index in [9.17, 15) is 4.79 Å². The molecule has 0 radical (unpaired) electrons. The van der Waals surface area contributed by atoms with E-state index in [1.54, 1.807) is 0 Å². The summed E-state index contributed by atoms with van der Waals surface area (Å²) in [6.07, 6.45) is 0. The molecule has 0 unspecified atom stereocenters. The SMILES string of the molecule is COC(=O)[C@@H](Nc1ccccc1)C(C)(C)C. The van der Waals surface area contributed by atoms with Crippen molar-refractivity contribution in [3.63, 3.8) is 0 Å². The Kier molecular flexibility index (Phi) is 3.93. The Hall–Kier alpha value is -1.51. The molecule has 0 saturated carbocycles. The molecule has 1 N–H and O–H groups in total. The first-order valence-electron chi connectivity index (χ1n) is 5.34. The van der Waals surface area contributed by atoms with E-state index in [0.29, 0.717) is 0 Å². The summed E-state index contributed by atoms with van der Waals surface area (Å²) in [4.78, 5) is 11.7. The Bertz CT molecular complexity index is 341. The van der Waals surface area contributed by atoms with Gasteiger partial charge in [0.2, 0.25) is 0 Å². The highest BCUT2D eigenvalue weighted by molar-refractivity contribution is 5.80. The number of hydrogen-bond acceptors (Lipinski definition) is 3. The van der Waals surface area contributed by atoms with Gasteiger partial charge in [-0.1, -0.05) is 39.0 Å². The largest absolute Gasteiger partial charge is 0.467 e. The van der Waals surface area contributed by atoms with Crippen LogP contribution in [-0.4, -0.2) is 19.1 Å². The van der Waals surface area contributed by atoms with E-state index >= 15 is 0 Å². The Balaban J connectivity index is 2.84. The van der Waals surface area contributed by atoms with Crippen molar-refractivity contribution in [1.29, 1.82) is 0 Å². The summed E-state index contributed by atoms with van der Waals surface area (Å²) in [6.45, 7) is 6.01. The van der Waals surface area contributed by atoms with Gasteiger partial charge in [0.15, 0.2) is 0 Å². The highest BCUT2D eigenvalue weighted by Gasteiger charge is 2.31. The number of nitrogens with one attached hydrogen (secondary N) is 1. The van der Waals surface area contributed by atoms with Crippen LogP contribution in [0.4, 0.5) is 5.69 Å². The number of esters is 1. The van der Waals surface area contributed by atoms with E-state index in [1.165, 1.54) is 7.11 Å². The van der Waals surface area contributed by atoms with Crippen LogP contribution >= 0.6 is 0 Å². The van der Waals surface area contributed by atoms with Crippen LogP contribution in [0.5, 0.6) is 0 Å². The minimum absolute atomic E-state index is 0.192. The third-order valence-corrected chi connectivity index (χ3v) is 2.39. The number of methoxy groups -OCH3 is 1. The molecule has 0 saturated heterocycles. The maximum absolute atomic E-state index is 11.7. The predicted octanol–water partition coefficient (Wildman–Crippen LogP) is 2.69. The molecule has 0 aliphatic carbocycles. The highest BCUT2D eigenvalue weighted by Crippen LogP contribution is 2.24. The lowest BCUT2D eigenvalue weighted by atomic mass is 9.86. The lowest BCUT2D eigenvalue weighted by Gasteiger charge is -2.29. The van der Waals surface area contributed by atoms with Crippen LogP contribution in [0.2, 0.25) is 0 Å². The quantitative estimate of drug-likeness (QED) is 0.797. The van der Waals surface area contributed by atoms with Gasteiger partial charge in [-0.05, 0) is 17.5 Å². The Morgan fingerprint density at radius 3 is 2.25 bits per heavy atom. The lowest BCUT2D eigenvalue weighted by molar-refractivity contribution is -0.143. The number of hydrogen-bond donors (Lipinski definition) is 1. The van der Waals surface area contributed by atoms with Crippen molar-refractivity contribution in [3.05, 3.63) is 30.3 Å². The zero-order chi connectivity index (χ0) is 12.2. The van der Waals surface area contributed by atoms with Gasteiger partial charge in [0, 0.05) is 5.69 Å². The fourth-order valence-electron chi connectivity index (χ4n) is 1.45. The molecule has 0 spiro atoms. The zero-order valence-corrected chi connectivity index (χ0v) is 10.3. The molecule has 1 aromatic carbocycles. The van der Waals surface area contributed by atoms with Crippen molar-refractivity contribution in [2.24, 2.45) is 5.41 Å². The van der Waals surface area contributed by atoms with Crippen LogP contribution in [0, 0.1) is 5.41 Å². The van der Waals surface area contributed by atoms with Gasteiger partial charge >= 0.3 is 5.97 Å². The van der Waals surface area contributed by atoms with Crippen LogP contribution in [0.1, 0.15) is 20.8 Å². The van der Waals surface area contributed by atoms with Gasteiger partial charge in [-0.3, -0.25) is 0 Å². The van der Waals surface area contributed by atoms with Gasteiger partial charge in [0.1, 0.15) is 6.04 Å². The molecule has 0 aliphatic rings. The molecular weight excluding hydrogens is 202 g/mol. The van der Waals surface area contributed by atoms with Crippen LogP contribution in [0.15, 0.2) is 30.3 Å². The van der Waals surface area contributed by atoms with E-state index < -0.39 is 0 Å². The van der Waals surface area contributed by atoms with Crippen molar-refractivity contribution in [3.8, 4) is 0 Å². The smallest absolute Gasteiger partial charge is 0.328 e. The van der Waals surface area contributed by atoms with Crippen molar-refractivity contribution in [1.82, 2.24) is 0 Å². The number of benzene rings is 1. The minimum Gasteiger partial charge on any atom is -0.467 e. The number of carbonyl (C=O) groups excluding carboxylic acids is 1. The second kappa shape index (κ2) is 5.01. The lowest BCUT2D eigenvalue weighted by Crippen LogP contribution is -2.41. The summed E-state index contributed by atoms with van der Waals surface area (Å²) in [6, 6.07) is 9.32. The average Bonchev–Trinajstić information content (AvgIpc) is 2.25. The third kappa shape index (κ3) is 3.26. The maximum Gasteiger partial charge on any atom is 0.328 e. The first-order valence-corrected chi connectivity index (χ1v) is 5.34. The number of anilines is 1. The van der Waals surface area contributed by atoms with Crippen LogP contribution in [-0.2, 0) is 9.53 Å². The molecule has 0 heterocycles. The summed E-state index contributed by atoms with van der Waals surface area (Å²) < 4.78 is 4.81. The van der Waals surface area contributed by atoms with Crippen LogP contribution in [0.3, 0.4) is 0 Å². The zero-order valence-electron chi connectivity index (χ0n) is 10.3. The molecule has 3 heteroatoms. The standard InChI is InChI=1S/C13H19NO2/c1-13(2,3)11(12(15)16-4)14-10-8-6-5-7-9-10/h5-9,11,14H,1-4H3/t11-/m1/s1. The molecular formula is C13H19NO2. The first-order chi connectivity index (χ1) is 7.45. The van der Waals surface area contributed by atoms with Crippen molar-refractivity contribution in [2.45, 2.75) is 26.8 Å². The number of ether oxygens (including phenoxy) is 1. The fourth-order valence-corrected chi connectivity index (χ4v) is 1.45. The Morgan fingerprint density at radius 2 is 1.81 bits per heavy atom. The monoisotopic (exact) mass is 221 g/mol. The van der Waals surface area contributed by atoms with Gasteiger partial charge in [0.25, 0.3) is 0 Å². The maximum atomic E-state index is 11.7. The topological polar surface area (TPSA) is 38.3 Å². The van der Waals surface area contributed by atoms with E-state index in [-0.39, 0.29) is 17.4 Å². The molecule has 1 rings (SSSR count). The number of para-hydroxylation sites is 1. The van der Waals surface area contributed by atoms with Crippen LogP contribution < -0.4 is 5.32 Å². The van der Waals surface area contributed by atoms with Crippen molar-refractivity contribution in [2.75, 3.05) is 12.4 Å². The highest BCUT2D eigenvalue weighted by atomic mass is 16.5. The number of rotatable bonds is 3. The van der Waals surface area contributed by atoms with Gasteiger partial charge in [-0.15, -0.1) is 0 Å². The molecule has 1 atom stereocenters. The molecule has 3 nitrogen and oxygen atoms in total. The van der Waals surface area contributed by atoms with E-state index in [4.69, 9.17) is 4.74 Å². The molecule has 0 fully saturated rings. The molecule has 0 bridgehead atoms. The second-order valence-corrected chi connectivity index (χ2v) is 4.83. The summed E-state index contributed by atoms with van der Waals surface area (Å²) in [5, 5.41) is 3.20. The van der Waals surface area contributed by atoms with E-state index in [0.717, 1.165) is 5.69 Å². The minimum atomic E-state index is -0.347.